The van der Waals surface area contributed by atoms with E-state index in [1.54, 1.807) is 36.4 Å². The molecule has 3 nitrogen and oxygen atoms in total. The van der Waals surface area contributed by atoms with Gasteiger partial charge < -0.3 is 9.47 Å². The summed E-state index contributed by atoms with van der Waals surface area (Å²) in [7, 11) is 1.49. The number of halogens is 2. The Balaban J connectivity index is 2.11. The summed E-state index contributed by atoms with van der Waals surface area (Å²) < 4.78 is 24.5. The highest BCUT2D eigenvalue weighted by Gasteiger charge is 2.07. The summed E-state index contributed by atoms with van der Waals surface area (Å²) in [6.45, 7) is 0. The molecule has 0 fully saturated rings. The van der Waals surface area contributed by atoms with Crippen molar-refractivity contribution in [3.8, 4) is 11.5 Å². The monoisotopic (exact) mass is 350 g/mol. The summed E-state index contributed by atoms with van der Waals surface area (Å²) in [5.74, 6) is -0.268. The molecule has 0 bridgehead atoms. The van der Waals surface area contributed by atoms with E-state index < -0.39 is 11.8 Å². The minimum atomic E-state index is -0.612. The molecule has 21 heavy (non-hydrogen) atoms. The Morgan fingerprint density at radius 3 is 2.62 bits per heavy atom. The van der Waals surface area contributed by atoms with Gasteiger partial charge in [-0.05, 0) is 36.4 Å². The largest absolute Gasteiger partial charge is 0.493 e. The number of hydrogen-bond acceptors (Lipinski definition) is 3. The van der Waals surface area contributed by atoms with E-state index in [2.05, 4.69) is 15.9 Å². The lowest BCUT2D eigenvalue weighted by atomic mass is 10.2. The molecular weight excluding hydrogens is 339 g/mol. The zero-order valence-corrected chi connectivity index (χ0v) is 12.8. The fourth-order valence-corrected chi connectivity index (χ4v) is 2.02. The minimum Gasteiger partial charge on any atom is -0.493 e. The molecule has 0 aliphatic rings. The van der Waals surface area contributed by atoms with Gasteiger partial charge in [-0.15, -0.1) is 0 Å². The first-order valence-corrected chi connectivity index (χ1v) is 6.87. The van der Waals surface area contributed by atoms with Gasteiger partial charge in [0.15, 0.2) is 11.5 Å². The van der Waals surface area contributed by atoms with Crippen molar-refractivity contribution < 1.29 is 18.7 Å². The van der Waals surface area contributed by atoms with Gasteiger partial charge >= 0.3 is 5.97 Å². The molecule has 2 aromatic rings. The molecule has 108 valence electrons. The van der Waals surface area contributed by atoms with Crippen LogP contribution in [0, 0.1) is 5.82 Å². The predicted molar refractivity (Wildman–Crippen MR) is 81.8 cm³/mol. The average Bonchev–Trinajstić information content (AvgIpc) is 2.49. The number of carbonyl (C=O) groups excluding carboxylic acids is 1. The highest BCUT2D eigenvalue weighted by atomic mass is 79.9. The van der Waals surface area contributed by atoms with Gasteiger partial charge in [0.05, 0.1) is 7.11 Å². The molecule has 0 aliphatic heterocycles. The van der Waals surface area contributed by atoms with Gasteiger partial charge in [-0.3, -0.25) is 0 Å². The Morgan fingerprint density at radius 2 is 1.90 bits per heavy atom. The van der Waals surface area contributed by atoms with Gasteiger partial charge in [0.25, 0.3) is 0 Å². The van der Waals surface area contributed by atoms with E-state index in [0.29, 0.717) is 17.1 Å². The molecule has 0 N–H and O–H groups in total. The lowest BCUT2D eigenvalue weighted by molar-refractivity contribution is -0.129. The van der Waals surface area contributed by atoms with Crippen molar-refractivity contribution in [2.45, 2.75) is 0 Å². The highest BCUT2D eigenvalue weighted by molar-refractivity contribution is 9.10. The standard InChI is InChI=1S/C16H12BrFO3/c1-20-14-4-2-3-5-15(14)21-16(19)9-6-11-10-12(17)7-8-13(11)18/h2-10H,1H3/b9-6+. The first kappa shape index (κ1) is 15.3. The van der Waals surface area contributed by atoms with Crippen LogP contribution in [0.15, 0.2) is 53.0 Å². The van der Waals surface area contributed by atoms with Crippen molar-refractivity contribution in [2.75, 3.05) is 7.11 Å². The second-order valence-electron chi connectivity index (χ2n) is 4.07. The minimum absolute atomic E-state index is 0.293. The van der Waals surface area contributed by atoms with Gasteiger partial charge in [-0.1, -0.05) is 28.1 Å². The molecule has 2 rings (SSSR count). The summed E-state index contributed by atoms with van der Waals surface area (Å²) >= 11 is 3.24. The number of esters is 1. The lowest BCUT2D eigenvalue weighted by Crippen LogP contribution is -2.04. The Kier molecular flexibility index (Phi) is 5.11. The fraction of sp³-hybridized carbons (Fsp3) is 0.0625. The molecule has 0 heterocycles. The van der Waals surface area contributed by atoms with Crippen molar-refractivity contribution in [3.63, 3.8) is 0 Å². The van der Waals surface area contributed by atoms with Crippen LogP contribution in [0.1, 0.15) is 5.56 Å². The molecular formula is C16H12BrFO3. The zero-order valence-electron chi connectivity index (χ0n) is 11.2. The second kappa shape index (κ2) is 7.04. The van der Waals surface area contributed by atoms with Crippen molar-refractivity contribution in [1.82, 2.24) is 0 Å². The smallest absolute Gasteiger partial charge is 0.336 e. The van der Waals surface area contributed by atoms with Crippen molar-refractivity contribution in [2.24, 2.45) is 0 Å². The molecule has 0 unspecified atom stereocenters. The highest BCUT2D eigenvalue weighted by Crippen LogP contribution is 2.26. The number of benzene rings is 2. The Labute approximate surface area is 130 Å². The maximum absolute atomic E-state index is 13.5. The van der Waals surface area contributed by atoms with E-state index in [1.165, 1.54) is 19.3 Å². The molecule has 0 radical (unpaired) electrons. The van der Waals surface area contributed by atoms with Crippen LogP contribution in [-0.2, 0) is 4.79 Å². The Bertz CT molecular complexity index is 683. The molecule has 0 aliphatic carbocycles. The van der Waals surface area contributed by atoms with Gasteiger partial charge in [-0.25, -0.2) is 9.18 Å². The van der Waals surface area contributed by atoms with Gasteiger partial charge in [-0.2, -0.15) is 0 Å². The SMILES string of the molecule is COc1ccccc1OC(=O)/C=C/c1cc(Br)ccc1F. The van der Waals surface area contributed by atoms with Crippen LogP contribution in [0.4, 0.5) is 4.39 Å². The molecule has 0 amide bonds. The van der Waals surface area contributed by atoms with E-state index >= 15 is 0 Å². The first-order chi connectivity index (χ1) is 10.1. The van der Waals surface area contributed by atoms with Crippen LogP contribution in [0.3, 0.4) is 0 Å². The summed E-state index contributed by atoms with van der Waals surface area (Å²) in [6, 6.07) is 11.3. The number of methoxy groups -OCH3 is 1. The maximum Gasteiger partial charge on any atom is 0.336 e. The third kappa shape index (κ3) is 4.16. The normalized spacial score (nSPS) is 10.6. The van der Waals surface area contributed by atoms with Crippen LogP contribution >= 0.6 is 15.9 Å². The molecule has 0 atom stereocenters. The van der Waals surface area contributed by atoms with Crippen LogP contribution in [0.25, 0.3) is 6.08 Å². The lowest BCUT2D eigenvalue weighted by Gasteiger charge is -2.06. The third-order valence-corrected chi connectivity index (χ3v) is 3.13. The predicted octanol–water partition coefficient (Wildman–Crippen LogP) is 4.22. The number of ether oxygens (including phenoxy) is 2. The van der Waals surface area contributed by atoms with Gasteiger partial charge in [0.1, 0.15) is 5.82 Å². The molecule has 0 aromatic heterocycles. The van der Waals surface area contributed by atoms with E-state index in [9.17, 15) is 9.18 Å². The second-order valence-corrected chi connectivity index (χ2v) is 4.99. The zero-order chi connectivity index (χ0) is 15.2. The van der Waals surface area contributed by atoms with Crippen molar-refractivity contribution in [1.29, 1.82) is 0 Å². The number of hydrogen-bond donors (Lipinski definition) is 0. The van der Waals surface area contributed by atoms with Crippen molar-refractivity contribution >= 4 is 28.0 Å². The van der Waals surface area contributed by atoms with E-state index in [4.69, 9.17) is 9.47 Å². The molecule has 0 saturated heterocycles. The fourth-order valence-electron chi connectivity index (χ4n) is 1.65. The van der Waals surface area contributed by atoms with Gasteiger partial charge in [0, 0.05) is 16.1 Å². The first-order valence-electron chi connectivity index (χ1n) is 6.08. The quantitative estimate of drug-likeness (QED) is 0.470. The number of rotatable bonds is 4. The van der Waals surface area contributed by atoms with Crippen LogP contribution < -0.4 is 9.47 Å². The molecule has 0 saturated carbocycles. The molecule has 5 heteroatoms. The molecule has 2 aromatic carbocycles. The number of carbonyl (C=O) groups is 1. The van der Waals surface area contributed by atoms with E-state index in [0.717, 1.165) is 10.5 Å². The maximum atomic E-state index is 13.5. The number of para-hydroxylation sites is 2. The Morgan fingerprint density at radius 1 is 1.19 bits per heavy atom. The summed E-state index contributed by atoms with van der Waals surface area (Å²) in [4.78, 5) is 11.8. The van der Waals surface area contributed by atoms with Crippen LogP contribution in [0.2, 0.25) is 0 Å². The third-order valence-electron chi connectivity index (χ3n) is 2.64. The van der Waals surface area contributed by atoms with E-state index in [-0.39, 0.29) is 0 Å². The summed E-state index contributed by atoms with van der Waals surface area (Å²) in [5, 5.41) is 0. The van der Waals surface area contributed by atoms with Crippen LogP contribution in [-0.4, -0.2) is 13.1 Å². The van der Waals surface area contributed by atoms with Crippen molar-refractivity contribution in [3.05, 3.63) is 64.4 Å². The topological polar surface area (TPSA) is 35.5 Å². The Hall–Kier alpha value is -2.14. The average molecular weight is 351 g/mol. The van der Waals surface area contributed by atoms with Gasteiger partial charge in [0.2, 0.25) is 0 Å². The summed E-state index contributed by atoms with van der Waals surface area (Å²) in [6.07, 6.45) is 2.52. The molecule has 0 spiro atoms. The van der Waals surface area contributed by atoms with Crippen LogP contribution in [0.5, 0.6) is 11.5 Å². The van der Waals surface area contributed by atoms with E-state index in [1.807, 2.05) is 0 Å². The summed E-state index contributed by atoms with van der Waals surface area (Å²) in [5.41, 5.74) is 0.293.